The molecule has 2 aromatic heterocycles. The molecule has 2 amide bonds. The molecule has 0 bridgehead atoms. The minimum atomic E-state index is -5.56. The van der Waals surface area contributed by atoms with Gasteiger partial charge in [-0.2, -0.15) is 4.31 Å². The second-order valence-electron chi connectivity index (χ2n) is 11.4. The van der Waals surface area contributed by atoms with Crippen LogP contribution in [-0.2, 0) is 50.7 Å². The van der Waals surface area contributed by atoms with Crippen molar-refractivity contribution in [1.29, 1.82) is 0 Å². The van der Waals surface area contributed by atoms with Gasteiger partial charge in [0.1, 0.15) is 36.3 Å². The van der Waals surface area contributed by atoms with Crippen molar-refractivity contribution in [1.82, 2.24) is 30.2 Å². The van der Waals surface area contributed by atoms with Gasteiger partial charge in [-0.1, -0.05) is 25.6 Å². The van der Waals surface area contributed by atoms with Crippen molar-refractivity contribution in [3.05, 3.63) is 12.7 Å². The van der Waals surface area contributed by atoms with Crippen LogP contribution in [0.4, 0.5) is 5.82 Å². The van der Waals surface area contributed by atoms with Crippen LogP contribution in [0.15, 0.2) is 12.7 Å². The smallest absolute Gasteiger partial charge is 0.386 e. The summed E-state index contributed by atoms with van der Waals surface area (Å²) in [6.07, 6.45) is -6.88. The number of rotatable bonds is 19. The number of hydrogen-bond donors (Lipinski definition) is 9. The number of phosphoric ester groups is 3. The van der Waals surface area contributed by atoms with Crippen molar-refractivity contribution in [2.24, 2.45) is 5.41 Å². The number of nitrogens with two attached hydrogens (primary N) is 1. The fraction of sp³-hybridized carbons (Fsp3) is 0.652. The van der Waals surface area contributed by atoms with E-state index in [-0.39, 0.29) is 41.6 Å². The molecule has 1 fully saturated rings. The zero-order valence-corrected chi connectivity index (χ0v) is 30.6. The van der Waals surface area contributed by atoms with Crippen molar-refractivity contribution in [2.45, 2.75) is 57.8 Å². The molecular formula is C23H38N7O17P3S. The average molecular weight is 810 g/mol. The Bertz CT molecular complexity index is 1710. The fourth-order valence-corrected chi connectivity index (χ4v) is 7.65. The second kappa shape index (κ2) is 17.6. The summed E-state index contributed by atoms with van der Waals surface area (Å²) < 4.78 is 61.8. The van der Waals surface area contributed by atoms with Crippen LogP contribution in [0.2, 0.25) is 0 Å². The second-order valence-corrected chi connectivity index (χ2v) is 16.9. The van der Waals surface area contributed by atoms with E-state index in [0.717, 1.165) is 29.0 Å². The number of carbonyl (C=O) groups is 3. The van der Waals surface area contributed by atoms with Crippen LogP contribution in [0.5, 0.6) is 0 Å². The molecule has 10 N–H and O–H groups in total. The first-order chi connectivity index (χ1) is 23.5. The maximum absolute atomic E-state index is 12.6. The number of carbonyl (C=O) groups excluding carboxylic acids is 3. The van der Waals surface area contributed by atoms with E-state index in [1.165, 1.54) is 20.8 Å². The lowest BCUT2D eigenvalue weighted by Crippen LogP contribution is -2.46. The minimum Gasteiger partial charge on any atom is -0.386 e. The number of phosphoric acid groups is 3. The number of imidazole rings is 1. The number of aliphatic hydroxyl groups is 2. The highest BCUT2D eigenvalue weighted by Gasteiger charge is 2.50. The van der Waals surface area contributed by atoms with E-state index in [0.29, 0.717) is 5.75 Å². The summed E-state index contributed by atoms with van der Waals surface area (Å²) in [6, 6.07) is 0. The summed E-state index contributed by atoms with van der Waals surface area (Å²) in [6.45, 7) is 1.90. The minimum absolute atomic E-state index is 0.0310. The third-order valence-corrected chi connectivity index (χ3v) is 10.7. The summed E-state index contributed by atoms with van der Waals surface area (Å²) in [5.74, 6) is -1.08. The zero-order chi connectivity index (χ0) is 38.4. The standard InChI is InChI=1S/C23H38N7O17P3S/c1-12(31)51-7-6-25-14(32)4-5-26-21(35)18(34)23(2,3)9-44-50(41,42)47-49(39,40)43-8-13-17(46-48(36,37)38)16(33)22(45-13)30-11-29-15-19(24)27-10-28-20(15)30/h10-11,13,16-18,22,33-34H,4-9H2,1-3H3,(H,25,32)(H,26,35)(H,39,40)(H,41,42)(H2,24,27,28)(H2,36,37,38)/t13-,16-,17-,18+,22+/m0/s1. The number of thioether (sulfide) groups is 1. The lowest BCUT2D eigenvalue weighted by atomic mass is 9.87. The number of nitrogens with one attached hydrogen (secondary N) is 2. The number of fused-ring (bicyclic) bond motifs is 1. The van der Waals surface area contributed by atoms with E-state index in [1.807, 2.05) is 0 Å². The summed E-state index contributed by atoms with van der Waals surface area (Å²) >= 11 is 1.03. The van der Waals surface area contributed by atoms with Crippen LogP contribution in [0.3, 0.4) is 0 Å². The van der Waals surface area contributed by atoms with Gasteiger partial charge in [0, 0.05) is 37.6 Å². The molecule has 3 heterocycles. The SMILES string of the molecule is CC(=O)SCCNC(=O)CCNC(=O)[C@@H](O)C(C)(C)COP(=O)(O)OP(=O)(O)OC[C@@H]1O[C@@H](n2cnc3c(N)ncnc32)[C@@H](O)[C@H]1OP(=O)(O)O. The zero-order valence-electron chi connectivity index (χ0n) is 27.1. The van der Waals surface area contributed by atoms with Gasteiger partial charge in [0.05, 0.1) is 19.5 Å². The lowest BCUT2D eigenvalue weighted by Gasteiger charge is -2.30. The molecule has 24 nitrogen and oxygen atoms in total. The number of aromatic nitrogens is 4. The van der Waals surface area contributed by atoms with Gasteiger partial charge in [-0.3, -0.25) is 32.5 Å². The summed E-state index contributed by atoms with van der Waals surface area (Å²) in [5, 5.41) is 26.1. The number of anilines is 1. The number of amides is 2. The Morgan fingerprint density at radius 3 is 2.39 bits per heavy atom. The molecule has 7 atom stereocenters. The third-order valence-electron chi connectivity index (χ3n) is 6.81. The Balaban J connectivity index is 1.55. The van der Waals surface area contributed by atoms with Crippen molar-refractivity contribution in [3.63, 3.8) is 0 Å². The van der Waals surface area contributed by atoms with Gasteiger partial charge in [-0.15, -0.1) is 0 Å². The van der Waals surface area contributed by atoms with Crippen LogP contribution in [-0.4, -0.2) is 123 Å². The molecule has 0 saturated carbocycles. The van der Waals surface area contributed by atoms with E-state index in [4.69, 9.17) is 19.5 Å². The first-order valence-corrected chi connectivity index (χ1v) is 20.0. The highest BCUT2D eigenvalue weighted by molar-refractivity contribution is 8.13. The summed E-state index contributed by atoms with van der Waals surface area (Å²) in [7, 11) is -16.4. The fourth-order valence-electron chi connectivity index (χ4n) is 4.32. The van der Waals surface area contributed by atoms with Crippen molar-refractivity contribution in [2.75, 3.05) is 37.8 Å². The Morgan fingerprint density at radius 1 is 1.08 bits per heavy atom. The first-order valence-electron chi connectivity index (χ1n) is 14.5. The molecule has 1 aliphatic heterocycles. The average Bonchev–Trinajstić information content (AvgIpc) is 3.57. The van der Waals surface area contributed by atoms with Gasteiger partial charge < -0.3 is 50.9 Å². The molecule has 2 aromatic rings. The van der Waals surface area contributed by atoms with E-state index in [9.17, 15) is 57.9 Å². The molecular weight excluding hydrogens is 771 g/mol. The third kappa shape index (κ3) is 12.9. The normalized spacial score (nSPS) is 22.6. The van der Waals surface area contributed by atoms with Gasteiger partial charge in [0.25, 0.3) is 0 Å². The molecule has 51 heavy (non-hydrogen) atoms. The predicted octanol–water partition coefficient (Wildman–Crippen LogP) is -1.32. The lowest BCUT2D eigenvalue weighted by molar-refractivity contribution is -0.137. The number of aliphatic hydroxyl groups excluding tert-OH is 2. The van der Waals surface area contributed by atoms with E-state index in [1.54, 1.807) is 0 Å². The molecule has 28 heteroatoms. The molecule has 2 unspecified atom stereocenters. The van der Waals surface area contributed by atoms with Crippen molar-refractivity contribution >= 4 is 69.1 Å². The van der Waals surface area contributed by atoms with Gasteiger partial charge in [-0.25, -0.2) is 28.6 Å². The number of ether oxygens (including phenoxy) is 1. The van der Waals surface area contributed by atoms with Crippen molar-refractivity contribution < 1.29 is 80.5 Å². The van der Waals surface area contributed by atoms with Crippen LogP contribution in [0, 0.1) is 5.41 Å². The van der Waals surface area contributed by atoms with Crippen LogP contribution in [0.25, 0.3) is 11.2 Å². The molecule has 1 saturated heterocycles. The number of nitrogens with zero attached hydrogens (tertiary/aromatic N) is 4. The molecule has 0 spiro atoms. The van der Waals surface area contributed by atoms with Gasteiger partial charge in [0.2, 0.25) is 11.8 Å². The highest BCUT2D eigenvalue weighted by Crippen LogP contribution is 2.61. The highest BCUT2D eigenvalue weighted by atomic mass is 32.2. The first kappa shape index (κ1) is 43.0. The van der Waals surface area contributed by atoms with Crippen LogP contribution >= 0.6 is 35.2 Å². The summed E-state index contributed by atoms with van der Waals surface area (Å²) in [5.41, 5.74) is 4.26. The molecule has 3 rings (SSSR count). The van der Waals surface area contributed by atoms with E-state index >= 15 is 0 Å². The molecule has 1 aliphatic rings. The topological polar surface area (TPSA) is 364 Å². The maximum Gasteiger partial charge on any atom is 0.481 e. The predicted molar refractivity (Wildman–Crippen MR) is 173 cm³/mol. The van der Waals surface area contributed by atoms with Crippen LogP contribution in [0.1, 0.15) is 33.4 Å². The molecule has 0 aliphatic carbocycles. The number of nitrogen functional groups attached to an aromatic ring is 1. The maximum atomic E-state index is 12.6. The van der Waals surface area contributed by atoms with Gasteiger partial charge >= 0.3 is 23.5 Å². The summed E-state index contributed by atoms with van der Waals surface area (Å²) in [4.78, 5) is 85.9. The quantitative estimate of drug-likeness (QED) is 0.0587. The Hall–Kier alpha value is -2.44. The Kier molecular flexibility index (Phi) is 14.8. The molecule has 0 aromatic carbocycles. The molecule has 0 radical (unpaired) electrons. The largest absolute Gasteiger partial charge is 0.481 e. The monoisotopic (exact) mass is 809 g/mol. The van der Waals surface area contributed by atoms with Crippen molar-refractivity contribution in [3.8, 4) is 0 Å². The Labute approximate surface area is 293 Å². The Morgan fingerprint density at radius 2 is 1.75 bits per heavy atom. The molecule has 288 valence electrons. The number of hydrogen-bond acceptors (Lipinski definition) is 18. The van der Waals surface area contributed by atoms with Gasteiger partial charge in [0.15, 0.2) is 22.8 Å². The van der Waals surface area contributed by atoms with Gasteiger partial charge in [-0.05, 0) is 0 Å². The van der Waals surface area contributed by atoms with E-state index < -0.39 is 84.6 Å². The van der Waals surface area contributed by atoms with Crippen LogP contribution < -0.4 is 16.4 Å². The van der Waals surface area contributed by atoms with E-state index in [2.05, 4.69) is 34.4 Å².